The van der Waals surface area contributed by atoms with Gasteiger partial charge in [0.1, 0.15) is 5.82 Å². The number of fused-ring (bicyclic) bond motifs is 2. The molecule has 1 aliphatic rings. The molecule has 3 aromatic heterocycles. The number of hydrogen-bond donors (Lipinski definition) is 2. The third kappa shape index (κ3) is 3.63. The molecule has 5 rings (SSSR count). The summed E-state index contributed by atoms with van der Waals surface area (Å²) in [6, 6.07) is 10.9. The van der Waals surface area contributed by atoms with Crippen LogP contribution in [0.3, 0.4) is 0 Å². The Bertz CT molecular complexity index is 1540. The Hall–Kier alpha value is -4.01. The maximum atomic E-state index is 13.8. The van der Waals surface area contributed by atoms with Crippen molar-refractivity contribution < 1.29 is 4.79 Å². The number of pyridine rings is 1. The highest BCUT2D eigenvalue weighted by molar-refractivity contribution is 5.95. The third-order valence-corrected chi connectivity index (χ3v) is 6.18. The number of aromatic amines is 1. The van der Waals surface area contributed by atoms with E-state index in [1.807, 2.05) is 36.6 Å². The first-order valence-corrected chi connectivity index (χ1v) is 11.3. The number of aromatic nitrogens is 5. The third-order valence-electron chi connectivity index (χ3n) is 6.18. The number of amides is 1. The van der Waals surface area contributed by atoms with Gasteiger partial charge in [0.2, 0.25) is 5.91 Å². The van der Waals surface area contributed by atoms with Gasteiger partial charge in [0.25, 0.3) is 11.1 Å². The molecule has 9 heteroatoms. The molecule has 0 saturated heterocycles. The van der Waals surface area contributed by atoms with Gasteiger partial charge in [0.15, 0.2) is 5.82 Å². The number of benzene rings is 1. The minimum absolute atomic E-state index is 0.0926. The van der Waals surface area contributed by atoms with Gasteiger partial charge in [-0.05, 0) is 49.4 Å². The second kappa shape index (κ2) is 8.09. The number of rotatable bonds is 4. The summed E-state index contributed by atoms with van der Waals surface area (Å²) in [5.74, 6) is 0.463. The van der Waals surface area contributed by atoms with Gasteiger partial charge in [0.05, 0.1) is 11.2 Å². The summed E-state index contributed by atoms with van der Waals surface area (Å²) in [4.78, 5) is 38.1. The maximum Gasteiger partial charge on any atom is 0.264 e. The van der Waals surface area contributed by atoms with Crippen molar-refractivity contribution in [3.8, 4) is 5.82 Å². The van der Waals surface area contributed by atoms with Crippen LogP contribution in [0.4, 0.5) is 5.82 Å². The van der Waals surface area contributed by atoms with Crippen molar-refractivity contribution in [1.29, 1.82) is 0 Å². The van der Waals surface area contributed by atoms with Crippen molar-refractivity contribution in [1.82, 2.24) is 24.5 Å². The van der Waals surface area contributed by atoms with Crippen LogP contribution in [0, 0.1) is 19.8 Å². The van der Waals surface area contributed by atoms with E-state index in [2.05, 4.69) is 40.5 Å². The summed E-state index contributed by atoms with van der Waals surface area (Å²) >= 11 is 0. The van der Waals surface area contributed by atoms with Crippen LogP contribution in [0.5, 0.6) is 0 Å². The van der Waals surface area contributed by atoms with E-state index < -0.39 is 5.92 Å². The molecule has 1 unspecified atom stereocenters. The van der Waals surface area contributed by atoms with Gasteiger partial charge in [-0.1, -0.05) is 25.5 Å². The molecule has 174 valence electrons. The van der Waals surface area contributed by atoms with Crippen molar-refractivity contribution in [2.45, 2.75) is 46.6 Å². The van der Waals surface area contributed by atoms with Crippen LogP contribution in [0.2, 0.25) is 0 Å². The number of nitrogens with zero attached hydrogens (tertiary/aromatic N) is 4. The zero-order valence-corrected chi connectivity index (χ0v) is 19.5. The van der Waals surface area contributed by atoms with Gasteiger partial charge < -0.3 is 9.88 Å². The monoisotopic (exact) mass is 458 g/mol. The van der Waals surface area contributed by atoms with E-state index in [4.69, 9.17) is 0 Å². The van der Waals surface area contributed by atoms with Crippen LogP contribution < -0.4 is 16.4 Å². The van der Waals surface area contributed by atoms with E-state index in [-0.39, 0.29) is 29.4 Å². The Morgan fingerprint density at radius 1 is 1.09 bits per heavy atom. The molecule has 0 radical (unpaired) electrons. The summed E-state index contributed by atoms with van der Waals surface area (Å²) < 4.78 is 3.33. The van der Waals surface area contributed by atoms with E-state index in [1.54, 1.807) is 0 Å². The van der Waals surface area contributed by atoms with Crippen molar-refractivity contribution in [3.05, 3.63) is 79.5 Å². The Labute approximate surface area is 195 Å². The summed E-state index contributed by atoms with van der Waals surface area (Å²) in [5.41, 5.74) is 3.61. The predicted octanol–water partition coefficient (Wildman–Crippen LogP) is 3.02. The average molecular weight is 459 g/mol. The first kappa shape index (κ1) is 21.8. The van der Waals surface area contributed by atoms with Crippen molar-refractivity contribution in [2.75, 3.05) is 5.32 Å². The highest BCUT2D eigenvalue weighted by atomic mass is 16.2. The Morgan fingerprint density at radius 3 is 2.59 bits per heavy atom. The molecular weight excluding hydrogens is 432 g/mol. The zero-order valence-electron chi connectivity index (χ0n) is 19.5. The molecule has 0 spiro atoms. The van der Waals surface area contributed by atoms with E-state index in [0.29, 0.717) is 29.4 Å². The minimum Gasteiger partial charge on any atom is -0.310 e. The summed E-state index contributed by atoms with van der Waals surface area (Å²) in [5, 5.41) is 14.9. The van der Waals surface area contributed by atoms with Gasteiger partial charge >= 0.3 is 0 Å². The van der Waals surface area contributed by atoms with Crippen LogP contribution >= 0.6 is 0 Å². The number of carbonyl (C=O) groups excluding carboxylic acids is 1. The lowest BCUT2D eigenvalue weighted by atomic mass is 9.85. The zero-order chi connectivity index (χ0) is 24.1. The normalized spacial score (nSPS) is 15.6. The van der Waals surface area contributed by atoms with Gasteiger partial charge in [-0.3, -0.25) is 14.4 Å². The lowest BCUT2D eigenvalue weighted by Crippen LogP contribution is -2.32. The Morgan fingerprint density at radius 2 is 1.88 bits per heavy atom. The number of carbonyl (C=O) groups is 1. The fourth-order valence-electron chi connectivity index (χ4n) is 4.76. The number of hydrogen-bond acceptors (Lipinski definition) is 5. The van der Waals surface area contributed by atoms with E-state index in [9.17, 15) is 14.4 Å². The molecule has 0 saturated carbocycles. The molecule has 1 amide bonds. The number of aryl methyl sites for hydroxylation is 2. The number of H-pyrrole nitrogens is 1. The lowest BCUT2D eigenvalue weighted by molar-refractivity contribution is -0.116. The fourth-order valence-corrected chi connectivity index (χ4v) is 4.76. The highest BCUT2D eigenvalue weighted by Gasteiger charge is 2.35. The molecule has 0 fully saturated rings. The lowest BCUT2D eigenvalue weighted by Gasteiger charge is -2.25. The standard InChI is InChI=1S/C25H26N6O3/c1-13(2)12-30-19-6-5-14(3)9-16(19)10-18(25(30)34)17-11-22(33)26-24-23(17)15(4)29-31(24)20-7-8-21(32)28-27-20/h5-10,13,17H,11-12H2,1-4H3,(H,26,33)(H,28,32). The largest absolute Gasteiger partial charge is 0.310 e. The minimum atomic E-state index is -0.448. The number of nitrogens with one attached hydrogen (secondary N) is 2. The van der Waals surface area contributed by atoms with Gasteiger partial charge in [-0.25, -0.2) is 5.10 Å². The Balaban J connectivity index is 1.75. The smallest absolute Gasteiger partial charge is 0.264 e. The second-order valence-electron chi connectivity index (χ2n) is 9.32. The first-order chi connectivity index (χ1) is 16.2. The van der Waals surface area contributed by atoms with Gasteiger partial charge in [-0.2, -0.15) is 14.9 Å². The molecule has 9 nitrogen and oxygen atoms in total. The van der Waals surface area contributed by atoms with Crippen LogP contribution in [-0.4, -0.2) is 30.5 Å². The van der Waals surface area contributed by atoms with Crippen LogP contribution in [-0.2, 0) is 11.3 Å². The van der Waals surface area contributed by atoms with E-state index >= 15 is 0 Å². The topological polar surface area (TPSA) is 115 Å². The SMILES string of the molecule is Cc1ccc2c(c1)cc(C1CC(=O)Nc3c1c(C)nn3-c1ccc(=O)[nH]n1)c(=O)n2CC(C)C. The summed E-state index contributed by atoms with van der Waals surface area (Å²) in [6.45, 7) is 8.61. The van der Waals surface area contributed by atoms with Crippen LogP contribution in [0.1, 0.15) is 48.6 Å². The van der Waals surface area contributed by atoms with Crippen LogP contribution in [0.25, 0.3) is 16.7 Å². The van der Waals surface area contributed by atoms with Crippen molar-refractivity contribution in [3.63, 3.8) is 0 Å². The quantitative estimate of drug-likeness (QED) is 0.488. The molecule has 4 aromatic rings. The Kier molecular flexibility index (Phi) is 5.19. The molecule has 1 aliphatic heterocycles. The fraction of sp³-hybridized carbons (Fsp3) is 0.320. The maximum absolute atomic E-state index is 13.8. The van der Waals surface area contributed by atoms with E-state index in [0.717, 1.165) is 22.0 Å². The summed E-state index contributed by atoms with van der Waals surface area (Å²) in [7, 11) is 0. The van der Waals surface area contributed by atoms with Crippen LogP contribution in [0.15, 0.2) is 46.0 Å². The highest BCUT2D eigenvalue weighted by Crippen LogP contribution is 2.39. The van der Waals surface area contributed by atoms with Crippen molar-refractivity contribution in [2.24, 2.45) is 5.92 Å². The van der Waals surface area contributed by atoms with Gasteiger partial charge in [0, 0.05) is 36.1 Å². The first-order valence-electron chi connectivity index (χ1n) is 11.3. The molecule has 1 aromatic carbocycles. The van der Waals surface area contributed by atoms with E-state index in [1.165, 1.54) is 16.8 Å². The molecule has 0 bridgehead atoms. The molecule has 34 heavy (non-hydrogen) atoms. The molecule has 0 aliphatic carbocycles. The average Bonchev–Trinajstić information content (AvgIpc) is 3.11. The number of anilines is 1. The second-order valence-corrected chi connectivity index (χ2v) is 9.32. The summed E-state index contributed by atoms with van der Waals surface area (Å²) in [6.07, 6.45) is 0.146. The van der Waals surface area contributed by atoms with Gasteiger partial charge in [-0.15, -0.1) is 0 Å². The molecule has 4 heterocycles. The molecule has 1 atom stereocenters. The molecular formula is C25H26N6O3. The predicted molar refractivity (Wildman–Crippen MR) is 130 cm³/mol. The molecule has 2 N–H and O–H groups in total. The van der Waals surface area contributed by atoms with Crippen molar-refractivity contribution >= 4 is 22.6 Å².